The van der Waals surface area contributed by atoms with Crippen LogP contribution in [0.15, 0.2) is 203 Å². The summed E-state index contributed by atoms with van der Waals surface area (Å²) in [5.74, 6) is 0. The minimum absolute atomic E-state index is 0.838. The van der Waals surface area contributed by atoms with Crippen molar-refractivity contribution in [1.82, 2.24) is 4.57 Å². The van der Waals surface area contributed by atoms with Gasteiger partial charge < -0.3 is 18.3 Å². The molecule has 0 unspecified atom stereocenters. The van der Waals surface area contributed by atoms with Gasteiger partial charge in [-0.3, -0.25) is 0 Å². The summed E-state index contributed by atoms with van der Waals surface area (Å²) in [4.78, 5) is 2.31. The Labute approximate surface area is 343 Å². The largest absolute Gasteiger partial charge is 0.454 e. The van der Waals surface area contributed by atoms with Crippen LogP contribution in [-0.4, -0.2) is 4.57 Å². The van der Waals surface area contributed by atoms with Crippen molar-refractivity contribution in [1.29, 1.82) is 0 Å². The first-order valence-corrected chi connectivity index (χ1v) is 20.5. The highest BCUT2D eigenvalue weighted by molar-refractivity contribution is 6.16. The van der Waals surface area contributed by atoms with E-state index in [-0.39, 0.29) is 0 Å². The van der Waals surface area contributed by atoms with Gasteiger partial charge in [0.2, 0.25) is 0 Å². The highest BCUT2D eigenvalue weighted by Gasteiger charge is 2.26. The van der Waals surface area contributed by atoms with Crippen molar-refractivity contribution in [2.75, 3.05) is 4.90 Å². The van der Waals surface area contributed by atoms with Gasteiger partial charge in [0.1, 0.15) is 11.2 Å². The molecular weight excluding hydrogens is 733 g/mol. The lowest BCUT2D eigenvalue weighted by molar-refractivity contribution is 0.666. The first-order chi connectivity index (χ1) is 29.7. The molecule has 0 fully saturated rings. The lowest BCUT2D eigenvalue weighted by atomic mass is 9.78. The summed E-state index contributed by atoms with van der Waals surface area (Å²) < 4.78 is 15.8. The summed E-state index contributed by atoms with van der Waals surface area (Å²) in [6, 6.07) is 70.0. The summed E-state index contributed by atoms with van der Waals surface area (Å²) >= 11 is 0. The number of anilines is 3. The van der Waals surface area contributed by atoms with Gasteiger partial charge in [0.05, 0.1) is 22.4 Å². The van der Waals surface area contributed by atoms with Gasteiger partial charge in [0, 0.05) is 43.7 Å². The molecule has 0 bridgehead atoms. The Kier molecular flexibility index (Phi) is 6.26. The summed E-state index contributed by atoms with van der Waals surface area (Å²) in [5.41, 5.74) is 15.1. The zero-order valence-electron chi connectivity index (χ0n) is 32.2. The molecule has 0 radical (unpaired) electrons. The second-order valence-corrected chi connectivity index (χ2v) is 16.1. The van der Waals surface area contributed by atoms with Crippen molar-refractivity contribution in [2.45, 2.75) is 0 Å². The molecule has 1 aliphatic rings. The van der Waals surface area contributed by atoms with Crippen LogP contribution in [0.2, 0.25) is 0 Å². The van der Waals surface area contributed by atoms with E-state index in [0.29, 0.717) is 0 Å². The number of benzene rings is 10. The van der Waals surface area contributed by atoms with Crippen molar-refractivity contribution in [3.8, 4) is 27.9 Å². The molecular formula is C56H32N2O2. The number of hydrogen-bond acceptors (Lipinski definition) is 3. The first-order valence-electron chi connectivity index (χ1n) is 20.5. The standard InChI is InChI=1S/C56H32N2O2/c1-5-17-49-39(11-1)40-12-2-6-18-50(40)57(49)37-25-23-33-29-45-46-30-34-24-26-38(28-36(34)32-48(46)47(45)31-35(33)27-37)58(51-19-9-15-43-41-13-3-7-21-53(41)59-55(43)51)52-20-10-16-44-42-14-4-8-22-54(42)60-56(44)52/h1-32H. The van der Waals surface area contributed by atoms with Gasteiger partial charge in [-0.1, -0.05) is 109 Å². The zero-order valence-corrected chi connectivity index (χ0v) is 32.2. The monoisotopic (exact) mass is 764 g/mol. The van der Waals surface area contributed by atoms with E-state index in [1.807, 2.05) is 24.3 Å². The first kappa shape index (κ1) is 31.9. The second-order valence-electron chi connectivity index (χ2n) is 16.1. The maximum Gasteiger partial charge on any atom is 0.159 e. The molecule has 14 rings (SSSR count). The van der Waals surface area contributed by atoms with Gasteiger partial charge in [-0.25, -0.2) is 0 Å². The Morgan fingerprint density at radius 2 is 0.783 bits per heavy atom. The molecule has 0 spiro atoms. The third-order valence-electron chi connectivity index (χ3n) is 12.8. The lowest BCUT2D eigenvalue weighted by Gasteiger charge is -2.28. The highest BCUT2D eigenvalue weighted by atomic mass is 16.3. The van der Waals surface area contributed by atoms with Gasteiger partial charge in [0.25, 0.3) is 0 Å². The van der Waals surface area contributed by atoms with Crippen molar-refractivity contribution < 1.29 is 8.83 Å². The molecule has 4 nitrogen and oxygen atoms in total. The van der Waals surface area contributed by atoms with Crippen LogP contribution in [0.25, 0.3) is 115 Å². The van der Waals surface area contributed by atoms with Crippen molar-refractivity contribution in [3.05, 3.63) is 194 Å². The van der Waals surface area contributed by atoms with Gasteiger partial charge >= 0.3 is 0 Å². The van der Waals surface area contributed by atoms with Crippen molar-refractivity contribution in [2.24, 2.45) is 0 Å². The van der Waals surface area contributed by atoms with Crippen LogP contribution in [0.4, 0.5) is 17.1 Å². The molecule has 13 aromatic rings. The van der Waals surface area contributed by atoms with Crippen molar-refractivity contribution in [3.63, 3.8) is 0 Å². The lowest BCUT2D eigenvalue weighted by Crippen LogP contribution is -2.10. The van der Waals surface area contributed by atoms with Crippen LogP contribution in [0.5, 0.6) is 0 Å². The van der Waals surface area contributed by atoms with Crippen LogP contribution in [-0.2, 0) is 0 Å². The van der Waals surface area contributed by atoms with E-state index in [0.717, 1.165) is 60.9 Å². The summed E-state index contributed by atoms with van der Waals surface area (Å²) in [6.07, 6.45) is 0. The van der Waals surface area contributed by atoms with Crippen LogP contribution < -0.4 is 4.90 Å². The molecule has 0 aliphatic heterocycles. The van der Waals surface area contributed by atoms with Gasteiger partial charge in [-0.2, -0.15) is 0 Å². The van der Waals surface area contributed by atoms with Crippen LogP contribution in [0.1, 0.15) is 0 Å². The number of furan rings is 2. The number of nitrogens with zero attached hydrogens (tertiary/aromatic N) is 2. The summed E-state index contributed by atoms with van der Waals surface area (Å²) in [5, 5.41) is 11.8. The third kappa shape index (κ3) is 4.34. The van der Waals surface area contributed by atoms with Gasteiger partial charge in [-0.05, 0) is 129 Å². The third-order valence-corrected chi connectivity index (χ3v) is 12.8. The maximum atomic E-state index is 6.68. The van der Waals surface area contributed by atoms with Gasteiger partial charge in [0.15, 0.2) is 11.2 Å². The van der Waals surface area contributed by atoms with Crippen LogP contribution >= 0.6 is 0 Å². The molecule has 3 heterocycles. The van der Waals surface area contributed by atoms with E-state index in [1.165, 1.54) is 71.3 Å². The topological polar surface area (TPSA) is 34.5 Å². The number of fused-ring (bicyclic) bond motifs is 15. The number of aromatic nitrogens is 1. The molecule has 0 amide bonds. The summed E-state index contributed by atoms with van der Waals surface area (Å²) in [7, 11) is 0. The van der Waals surface area contributed by atoms with Crippen LogP contribution in [0.3, 0.4) is 0 Å². The Bertz CT molecular complexity index is 3810. The smallest absolute Gasteiger partial charge is 0.159 e. The molecule has 0 saturated carbocycles. The normalized spacial score (nSPS) is 12.3. The van der Waals surface area contributed by atoms with Crippen LogP contribution in [0, 0.1) is 0 Å². The van der Waals surface area contributed by atoms with E-state index in [9.17, 15) is 0 Å². The van der Waals surface area contributed by atoms with E-state index in [1.54, 1.807) is 0 Å². The molecule has 3 aromatic heterocycles. The minimum atomic E-state index is 0.838. The van der Waals surface area contributed by atoms with E-state index in [4.69, 9.17) is 8.83 Å². The van der Waals surface area contributed by atoms with Crippen molar-refractivity contribution >= 4 is 104 Å². The molecule has 278 valence electrons. The maximum absolute atomic E-state index is 6.68. The molecule has 0 saturated heterocycles. The zero-order chi connectivity index (χ0) is 39.1. The predicted molar refractivity (Wildman–Crippen MR) is 249 cm³/mol. The minimum Gasteiger partial charge on any atom is -0.454 e. The predicted octanol–water partition coefficient (Wildman–Crippen LogP) is 16.0. The number of hydrogen-bond donors (Lipinski definition) is 0. The molecule has 1 aliphatic carbocycles. The fourth-order valence-corrected chi connectivity index (χ4v) is 10.1. The van der Waals surface area contributed by atoms with E-state index >= 15 is 0 Å². The molecule has 60 heavy (non-hydrogen) atoms. The number of rotatable bonds is 4. The Balaban J connectivity index is 0.940. The molecule has 4 heteroatoms. The fourth-order valence-electron chi connectivity index (χ4n) is 10.1. The Morgan fingerprint density at radius 3 is 1.35 bits per heavy atom. The van der Waals surface area contributed by atoms with E-state index in [2.05, 4.69) is 179 Å². The molecule has 0 N–H and O–H groups in total. The molecule has 10 aromatic carbocycles. The Hall–Kier alpha value is -8.08. The average Bonchev–Trinajstić information content (AvgIpc) is 3.98. The second kappa shape index (κ2) is 11.8. The Morgan fingerprint density at radius 1 is 0.333 bits per heavy atom. The summed E-state index contributed by atoms with van der Waals surface area (Å²) in [6.45, 7) is 0. The average molecular weight is 765 g/mol. The highest BCUT2D eigenvalue weighted by Crippen LogP contribution is 2.52. The number of para-hydroxylation sites is 6. The fraction of sp³-hybridized carbons (Fsp3) is 0. The van der Waals surface area contributed by atoms with E-state index < -0.39 is 0 Å². The molecule has 0 atom stereocenters. The quantitative estimate of drug-likeness (QED) is 0.179. The SMILES string of the molecule is c1ccc2c(c1)oc1c(N(c3ccc4cc5c(cc4c3)-c3cc4cc(-n6c7ccccc7c7ccccc76)ccc4cc3-5)c3cccc4c3oc3ccccc34)cccc12. The van der Waals surface area contributed by atoms with Gasteiger partial charge in [-0.15, -0.1) is 0 Å².